The zero-order valence-corrected chi connectivity index (χ0v) is 12.4. The molecule has 2 aromatic rings. The molecule has 1 aliphatic heterocycles. The zero-order chi connectivity index (χ0) is 13.9. The number of aromatic nitrogens is 2. The van der Waals surface area contributed by atoms with Gasteiger partial charge >= 0.3 is 0 Å². The van der Waals surface area contributed by atoms with E-state index < -0.39 is 0 Å². The molecular weight excluding hydrogens is 270 g/mol. The normalized spacial score (nSPS) is 17.2. The van der Waals surface area contributed by atoms with E-state index in [4.69, 9.17) is 4.74 Å². The minimum Gasteiger partial charge on any atom is -0.480 e. The molecule has 1 aromatic heterocycles. The summed E-state index contributed by atoms with van der Waals surface area (Å²) >= 11 is 1.79. The van der Waals surface area contributed by atoms with Gasteiger partial charge in [-0.25, -0.2) is 9.97 Å². The highest BCUT2D eigenvalue weighted by atomic mass is 32.2. The van der Waals surface area contributed by atoms with Gasteiger partial charge in [-0.1, -0.05) is 12.1 Å². The van der Waals surface area contributed by atoms with E-state index in [9.17, 15) is 0 Å². The van der Waals surface area contributed by atoms with Crippen LogP contribution in [0.5, 0.6) is 5.75 Å². The number of hydrogen-bond donors (Lipinski definition) is 1. The Kier molecular flexibility index (Phi) is 3.78. The van der Waals surface area contributed by atoms with Crippen LogP contribution < -0.4 is 10.1 Å². The van der Waals surface area contributed by atoms with Gasteiger partial charge in [-0.05, 0) is 26.0 Å². The van der Waals surface area contributed by atoms with Gasteiger partial charge in [-0.2, -0.15) is 0 Å². The summed E-state index contributed by atoms with van der Waals surface area (Å²) in [7, 11) is 0. The van der Waals surface area contributed by atoms with Crippen LogP contribution in [-0.2, 0) is 0 Å². The van der Waals surface area contributed by atoms with Crippen LogP contribution in [0.4, 0.5) is 5.82 Å². The maximum absolute atomic E-state index is 6.03. The van der Waals surface area contributed by atoms with Gasteiger partial charge in [0.15, 0.2) is 11.9 Å². The summed E-state index contributed by atoms with van der Waals surface area (Å²) in [5.41, 5.74) is 0.957. The molecule has 20 heavy (non-hydrogen) atoms. The molecule has 0 fully saturated rings. The largest absolute Gasteiger partial charge is 0.480 e. The number of thioether (sulfide) groups is 1. The molecule has 0 amide bonds. The number of ether oxygens (including phenoxy) is 1. The van der Waals surface area contributed by atoms with E-state index >= 15 is 0 Å². The molecule has 5 heteroatoms. The van der Waals surface area contributed by atoms with Crippen molar-refractivity contribution in [1.29, 1.82) is 0 Å². The third kappa shape index (κ3) is 2.72. The minimum atomic E-state index is -0.0905. The molecule has 3 rings (SSSR count). The molecule has 1 atom stereocenters. The van der Waals surface area contributed by atoms with Crippen molar-refractivity contribution in [1.82, 2.24) is 9.97 Å². The summed E-state index contributed by atoms with van der Waals surface area (Å²) in [5, 5.41) is 3.23. The van der Waals surface area contributed by atoms with Crippen LogP contribution in [0.3, 0.4) is 0 Å². The maximum Gasteiger partial charge on any atom is 0.172 e. The summed E-state index contributed by atoms with van der Waals surface area (Å²) in [6, 6.07) is 10.1. The smallest absolute Gasteiger partial charge is 0.172 e. The van der Waals surface area contributed by atoms with Crippen molar-refractivity contribution in [3.8, 4) is 5.75 Å². The maximum atomic E-state index is 6.03. The van der Waals surface area contributed by atoms with Gasteiger partial charge in [0.25, 0.3) is 0 Å². The Morgan fingerprint density at radius 1 is 1.35 bits per heavy atom. The molecule has 1 unspecified atom stereocenters. The fourth-order valence-electron chi connectivity index (χ4n) is 2.15. The second-order valence-electron chi connectivity index (χ2n) is 4.65. The van der Waals surface area contributed by atoms with E-state index in [0.29, 0.717) is 0 Å². The Hall–Kier alpha value is -1.75. The number of anilines is 1. The first-order valence-corrected chi connectivity index (χ1v) is 7.72. The van der Waals surface area contributed by atoms with Crippen molar-refractivity contribution in [2.24, 2.45) is 0 Å². The van der Waals surface area contributed by atoms with Crippen molar-refractivity contribution < 1.29 is 4.74 Å². The van der Waals surface area contributed by atoms with Gasteiger partial charge in [0.05, 0.1) is 0 Å². The Morgan fingerprint density at radius 2 is 2.20 bits per heavy atom. The van der Waals surface area contributed by atoms with Crippen molar-refractivity contribution in [2.45, 2.75) is 24.8 Å². The zero-order valence-electron chi connectivity index (χ0n) is 11.6. The Balaban J connectivity index is 1.87. The van der Waals surface area contributed by atoms with Gasteiger partial charge in [0.2, 0.25) is 0 Å². The van der Waals surface area contributed by atoms with Crippen LogP contribution in [0.2, 0.25) is 0 Å². The van der Waals surface area contributed by atoms with E-state index in [-0.39, 0.29) is 6.10 Å². The molecule has 4 nitrogen and oxygen atoms in total. The molecule has 2 heterocycles. The Bertz CT molecular complexity index is 618. The standard InChI is InChI=1S/C15H17N3OS/c1-3-16-14-8-10(2)17-15(18-14)12-9-20-13-7-5-4-6-11(13)19-12/h4-8,12H,3,9H2,1-2H3,(H,16,17,18). The number of aryl methyl sites for hydroxylation is 1. The van der Waals surface area contributed by atoms with Crippen molar-refractivity contribution in [3.63, 3.8) is 0 Å². The fraction of sp³-hybridized carbons (Fsp3) is 0.333. The van der Waals surface area contributed by atoms with Crippen LogP contribution in [-0.4, -0.2) is 22.3 Å². The molecule has 0 bridgehead atoms. The summed E-state index contributed by atoms with van der Waals surface area (Å²) in [4.78, 5) is 10.3. The lowest BCUT2D eigenvalue weighted by Crippen LogP contribution is -2.18. The van der Waals surface area contributed by atoms with Crippen LogP contribution in [0.15, 0.2) is 35.2 Å². The van der Waals surface area contributed by atoms with Crippen molar-refractivity contribution in [2.75, 3.05) is 17.6 Å². The predicted molar refractivity (Wildman–Crippen MR) is 81.5 cm³/mol. The summed E-state index contributed by atoms with van der Waals surface area (Å²) in [5.74, 6) is 3.38. The first kappa shape index (κ1) is 13.2. The Morgan fingerprint density at radius 3 is 3.05 bits per heavy atom. The lowest BCUT2D eigenvalue weighted by atomic mass is 10.3. The lowest BCUT2D eigenvalue weighted by molar-refractivity contribution is 0.210. The van der Waals surface area contributed by atoms with Gasteiger partial charge in [0, 0.05) is 29.0 Å². The predicted octanol–water partition coefficient (Wildman–Crippen LogP) is 3.44. The van der Waals surface area contributed by atoms with Crippen LogP contribution in [0.1, 0.15) is 24.5 Å². The number of benzene rings is 1. The Labute approximate surface area is 123 Å². The molecule has 0 spiro atoms. The highest BCUT2D eigenvalue weighted by Crippen LogP contribution is 2.39. The van der Waals surface area contributed by atoms with E-state index in [1.54, 1.807) is 11.8 Å². The van der Waals surface area contributed by atoms with E-state index in [1.807, 2.05) is 31.2 Å². The quantitative estimate of drug-likeness (QED) is 0.937. The van der Waals surface area contributed by atoms with Crippen molar-refractivity contribution in [3.05, 3.63) is 41.9 Å². The van der Waals surface area contributed by atoms with Gasteiger partial charge in [-0.3, -0.25) is 0 Å². The van der Waals surface area contributed by atoms with Gasteiger partial charge in [0.1, 0.15) is 11.6 Å². The third-order valence-electron chi connectivity index (χ3n) is 3.03. The second-order valence-corrected chi connectivity index (χ2v) is 5.71. The second kappa shape index (κ2) is 5.71. The highest BCUT2D eigenvalue weighted by Gasteiger charge is 2.24. The van der Waals surface area contributed by atoms with Crippen LogP contribution in [0.25, 0.3) is 0 Å². The summed E-state index contributed by atoms with van der Waals surface area (Å²) in [6.07, 6.45) is -0.0905. The monoisotopic (exact) mass is 287 g/mol. The van der Waals surface area contributed by atoms with Crippen LogP contribution >= 0.6 is 11.8 Å². The molecular formula is C15H17N3OS. The fourth-order valence-corrected chi connectivity index (χ4v) is 3.14. The lowest BCUT2D eigenvalue weighted by Gasteiger charge is -2.24. The summed E-state index contributed by atoms with van der Waals surface area (Å²) < 4.78 is 6.03. The number of para-hydroxylation sites is 1. The molecule has 104 valence electrons. The molecule has 1 aromatic carbocycles. The molecule has 0 saturated heterocycles. The average Bonchev–Trinajstić information content (AvgIpc) is 2.46. The van der Waals surface area contributed by atoms with Gasteiger partial charge in [-0.15, -0.1) is 11.8 Å². The number of hydrogen-bond acceptors (Lipinski definition) is 5. The number of nitrogens with one attached hydrogen (secondary N) is 1. The third-order valence-corrected chi connectivity index (χ3v) is 4.14. The number of rotatable bonds is 3. The number of nitrogens with zero attached hydrogens (tertiary/aromatic N) is 2. The SMILES string of the molecule is CCNc1cc(C)nc(C2CSc3ccccc3O2)n1. The first-order chi connectivity index (χ1) is 9.76. The van der Waals surface area contributed by atoms with Crippen molar-refractivity contribution >= 4 is 17.6 Å². The van der Waals surface area contributed by atoms with E-state index in [1.165, 1.54) is 4.90 Å². The topological polar surface area (TPSA) is 47.0 Å². The molecule has 1 aliphatic rings. The number of fused-ring (bicyclic) bond motifs is 1. The first-order valence-electron chi connectivity index (χ1n) is 6.74. The molecule has 1 N–H and O–H groups in total. The van der Waals surface area contributed by atoms with Gasteiger partial charge < -0.3 is 10.1 Å². The van der Waals surface area contributed by atoms with E-state index in [0.717, 1.165) is 35.4 Å². The summed E-state index contributed by atoms with van der Waals surface area (Å²) in [6.45, 7) is 4.88. The highest BCUT2D eigenvalue weighted by molar-refractivity contribution is 7.99. The minimum absolute atomic E-state index is 0.0905. The van der Waals surface area contributed by atoms with Crippen LogP contribution in [0, 0.1) is 6.92 Å². The molecule has 0 aliphatic carbocycles. The molecule has 0 radical (unpaired) electrons. The molecule has 0 saturated carbocycles. The average molecular weight is 287 g/mol. The van der Waals surface area contributed by atoms with E-state index in [2.05, 4.69) is 28.3 Å².